The van der Waals surface area contributed by atoms with Crippen molar-refractivity contribution in [2.75, 3.05) is 26.4 Å². The quantitative estimate of drug-likeness (QED) is 0.375. The van der Waals surface area contributed by atoms with Crippen molar-refractivity contribution < 1.29 is 19.4 Å². The Bertz CT molecular complexity index is 912. The molecule has 1 heterocycles. The van der Waals surface area contributed by atoms with Crippen LogP contribution in [-0.2, 0) is 16.0 Å². The fraction of sp³-hybridized carbons (Fsp3) is 0.333. The smallest absolute Gasteiger partial charge is 0.251 e. The first kappa shape index (κ1) is 23.0. The number of aliphatic imine (C=N–C) groups is 1. The molecule has 1 aliphatic rings. The van der Waals surface area contributed by atoms with Crippen molar-refractivity contribution in [3.05, 3.63) is 76.8 Å². The lowest BCUT2D eigenvalue weighted by atomic mass is 9.96. The summed E-state index contributed by atoms with van der Waals surface area (Å²) >= 11 is 3.42. The molecule has 0 unspecified atom stereocenters. The average molecular weight is 487 g/mol. The fourth-order valence-electron chi connectivity index (χ4n) is 3.23. The number of ether oxygens (including phenoxy) is 2. The molecule has 2 aromatic rings. The lowest BCUT2D eigenvalue weighted by molar-refractivity contribution is -0.126. The number of rotatable bonds is 11. The van der Waals surface area contributed by atoms with Crippen LogP contribution in [0.3, 0.4) is 0 Å². The van der Waals surface area contributed by atoms with E-state index in [1.807, 2.05) is 48.5 Å². The molecule has 0 fully saturated rings. The molecule has 6 nitrogen and oxygen atoms in total. The summed E-state index contributed by atoms with van der Waals surface area (Å²) in [6, 6.07) is 15.4. The van der Waals surface area contributed by atoms with E-state index in [4.69, 9.17) is 14.6 Å². The van der Waals surface area contributed by atoms with Crippen molar-refractivity contribution in [3.63, 3.8) is 0 Å². The van der Waals surface area contributed by atoms with Gasteiger partial charge >= 0.3 is 0 Å². The average Bonchev–Trinajstić information content (AvgIpc) is 3.21. The minimum absolute atomic E-state index is 0.0965. The van der Waals surface area contributed by atoms with Crippen LogP contribution < -0.4 is 10.1 Å². The van der Waals surface area contributed by atoms with E-state index in [1.54, 1.807) is 6.08 Å². The number of carbonyl (C=O) groups excluding carboxylic acids is 1. The predicted octanol–water partition coefficient (Wildman–Crippen LogP) is 3.66. The van der Waals surface area contributed by atoms with Gasteiger partial charge in [0.2, 0.25) is 5.90 Å². The van der Waals surface area contributed by atoms with Crippen molar-refractivity contribution in [1.82, 2.24) is 5.32 Å². The van der Waals surface area contributed by atoms with Crippen LogP contribution in [-0.4, -0.2) is 48.8 Å². The van der Waals surface area contributed by atoms with Gasteiger partial charge in [0.05, 0.1) is 6.61 Å². The summed E-state index contributed by atoms with van der Waals surface area (Å²) in [5.74, 6) is 0.981. The lowest BCUT2D eigenvalue weighted by Crippen LogP contribution is -2.47. The zero-order valence-electron chi connectivity index (χ0n) is 17.4. The summed E-state index contributed by atoms with van der Waals surface area (Å²) in [6.45, 7) is 5.03. The molecule has 0 radical (unpaired) electrons. The van der Waals surface area contributed by atoms with Gasteiger partial charge in [-0.05, 0) is 48.4 Å². The normalized spacial score (nSPS) is 17.5. The monoisotopic (exact) mass is 486 g/mol. The van der Waals surface area contributed by atoms with Crippen LogP contribution in [0.4, 0.5) is 0 Å². The Labute approximate surface area is 191 Å². The van der Waals surface area contributed by atoms with Crippen molar-refractivity contribution in [2.24, 2.45) is 4.99 Å². The Morgan fingerprint density at radius 3 is 2.68 bits per heavy atom. The van der Waals surface area contributed by atoms with Gasteiger partial charge in [-0.15, -0.1) is 6.58 Å². The molecular formula is C24H27BrN2O4. The predicted molar refractivity (Wildman–Crippen MR) is 125 cm³/mol. The van der Waals surface area contributed by atoms with Crippen molar-refractivity contribution in [3.8, 4) is 5.75 Å². The number of aliphatic hydroxyl groups excluding tert-OH is 1. The summed E-state index contributed by atoms with van der Waals surface area (Å²) in [5, 5.41) is 11.8. The van der Waals surface area contributed by atoms with Crippen LogP contribution in [0.5, 0.6) is 5.75 Å². The van der Waals surface area contributed by atoms with Gasteiger partial charge in [0.25, 0.3) is 5.91 Å². The van der Waals surface area contributed by atoms with E-state index in [9.17, 15) is 4.79 Å². The Morgan fingerprint density at radius 1 is 1.26 bits per heavy atom. The van der Waals surface area contributed by atoms with Gasteiger partial charge in [0, 0.05) is 36.0 Å². The molecule has 0 spiro atoms. The molecule has 2 aromatic carbocycles. The van der Waals surface area contributed by atoms with Gasteiger partial charge < -0.3 is 19.9 Å². The molecular weight excluding hydrogens is 460 g/mol. The Balaban J connectivity index is 1.63. The van der Waals surface area contributed by atoms with Crippen LogP contribution >= 0.6 is 15.9 Å². The molecule has 1 atom stereocenters. The van der Waals surface area contributed by atoms with Crippen LogP contribution in [0.25, 0.3) is 0 Å². The number of carbonyl (C=O) groups is 1. The molecule has 1 aliphatic heterocycles. The Hall–Kier alpha value is -2.64. The maximum Gasteiger partial charge on any atom is 0.251 e. The lowest BCUT2D eigenvalue weighted by Gasteiger charge is -2.21. The van der Waals surface area contributed by atoms with E-state index in [2.05, 4.69) is 32.8 Å². The van der Waals surface area contributed by atoms with E-state index in [0.717, 1.165) is 22.0 Å². The standard InChI is InChI=1S/C24H27BrN2O4/c1-2-13-24(23(29)26-14-12-18-4-8-20(25)9-5-18)17-31-22(27-24)19-6-10-21(11-7-19)30-16-3-15-28/h2,4-11,28H,1,3,12-17H2,(H,26,29)/t24-/m1/s1. The van der Waals surface area contributed by atoms with Gasteiger partial charge in [0.1, 0.15) is 12.4 Å². The minimum atomic E-state index is -1.01. The zero-order valence-corrected chi connectivity index (χ0v) is 18.9. The highest BCUT2D eigenvalue weighted by atomic mass is 79.9. The van der Waals surface area contributed by atoms with E-state index >= 15 is 0 Å². The maximum atomic E-state index is 13.0. The van der Waals surface area contributed by atoms with Crippen molar-refractivity contribution in [1.29, 1.82) is 0 Å². The van der Waals surface area contributed by atoms with Gasteiger partial charge in [-0.1, -0.05) is 34.1 Å². The molecule has 31 heavy (non-hydrogen) atoms. The molecule has 3 rings (SSSR count). The van der Waals surface area contributed by atoms with Gasteiger partial charge in [-0.3, -0.25) is 4.79 Å². The molecule has 0 bridgehead atoms. The second-order valence-electron chi connectivity index (χ2n) is 7.31. The topological polar surface area (TPSA) is 80.2 Å². The molecule has 164 valence electrons. The molecule has 7 heteroatoms. The van der Waals surface area contributed by atoms with E-state index in [0.29, 0.717) is 37.6 Å². The highest BCUT2D eigenvalue weighted by molar-refractivity contribution is 9.10. The minimum Gasteiger partial charge on any atom is -0.494 e. The van der Waals surface area contributed by atoms with Crippen molar-refractivity contribution in [2.45, 2.75) is 24.8 Å². The third-order valence-electron chi connectivity index (χ3n) is 4.95. The van der Waals surface area contributed by atoms with E-state index < -0.39 is 5.54 Å². The molecule has 0 saturated heterocycles. The summed E-state index contributed by atoms with van der Waals surface area (Å²) in [5.41, 5.74) is 0.921. The number of nitrogens with one attached hydrogen (secondary N) is 1. The maximum absolute atomic E-state index is 13.0. The van der Waals surface area contributed by atoms with Crippen LogP contribution in [0, 0.1) is 0 Å². The Morgan fingerprint density at radius 2 is 2.00 bits per heavy atom. The largest absolute Gasteiger partial charge is 0.494 e. The summed E-state index contributed by atoms with van der Waals surface area (Å²) in [4.78, 5) is 17.6. The number of hydrogen-bond acceptors (Lipinski definition) is 5. The number of amides is 1. The van der Waals surface area contributed by atoms with Gasteiger partial charge in [-0.2, -0.15) is 0 Å². The number of halogens is 1. The van der Waals surface area contributed by atoms with E-state index in [1.165, 1.54) is 0 Å². The number of nitrogens with zero attached hydrogens (tertiary/aromatic N) is 1. The van der Waals surface area contributed by atoms with E-state index in [-0.39, 0.29) is 19.1 Å². The first-order chi connectivity index (χ1) is 15.1. The molecule has 2 N–H and O–H groups in total. The second kappa shape index (κ2) is 11.1. The first-order valence-corrected chi connectivity index (χ1v) is 11.1. The first-order valence-electron chi connectivity index (χ1n) is 10.3. The van der Waals surface area contributed by atoms with Crippen LogP contribution in [0.2, 0.25) is 0 Å². The molecule has 0 aromatic heterocycles. The number of aliphatic hydroxyl groups is 1. The molecule has 0 saturated carbocycles. The SMILES string of the molecule is C=CC[C@]1(C(=O)NCCc2ccc(Br)cc2)COC(c2ccc(OCCCO)cc2)=N1. The molecule has 1 amide bonds. The van der Waals surface area contributed by atoms with Crippen molar-refractivity contribution >= 4 is 27.7 Å². The van der Waals surface area contributed by atoms with Gasteiger partial charge in [-0.25, -0.2) is 4.99 Å². The molecule has 0 aliphatic carbocycles. The fourth-order valence-corrected chi connectivity index (χ4v) is 3.50. The highest BCUT2D eigenvalue weighted by Crippen LogP contribution is 2.27. The number of hydrogen-bond donors (Lipinski definition) is 2. The Kier molecular flexibility index (Phi) is 8.26. The summed E-state index contributed by atoms with van der Waals surface area (Å²) in [7, 11) is 0. The third-order valence-corrected chi connectivity index (χ3v) is 5.48. The highest BCUT2D eigenvalue weighted by Gasteiger charge is 2.43. The van der Waals surface area contributed by atoms with Gasteiger partial charge in [0.15, 0.2) is 5.54 Å². The summed E-state index contributed by atoms with van der Waals surface area (Å²) in [6.07, 6.45) is 3.40. The van der Waals surface area contributed by atoms with Crippen LogP contribution in [0.15, 0.2) is 70.7 Å². The number of benzene rings is 2. The third kappa shape index (κ3) is 6.18. The zero-order chi connectivity index (χ0) is 22.1. The summed E-state index contributed by atoms with van der Waals surface area (Å²) < 4.78 is 12.4. The second-order valence-corrected chi connectivity index (χ2v) is 8.23. The van der Waals surface area contributed by atoms with Crippen LogP contribution in [0.1, 0.15) is 24.0 Å².